The van der Waals surface area contributed by atoms with Crippen LogP contribution in [0.25, 0.3) is 0 Å². The molecule has 0 spiro atoms. The van der Waals surface area contributed by atoms with Crippen molar-refractivity contribution in [2.45, 2.75) is 45.6 Å². The van der Waals surface area contributed by atoms with Crippen molar-refractivity contribution < 1.29 is 9.53 Å². The number of carbonyl (C=O) groups excluding carboxylic acids is 1. The minimum Gasteiger partial charge on any atom is -0.381 e. The van der Waals surface area contributed by atoms with E-state index in [0.717, 1.165) is 38.5 Å². The molecule has 0 saturated heterocycles. The van der Waals surface area contributed by atoms with Gasteiger partial charge in [-0.3, -0.25) is 4.79 Å². The van der Waals surface area contributed by atoms with Crippen molar-refractivity contribution >= 4 is 5.91 Å². The quantitative estimate of drug-likeness (QED) is 0.568. The van der Waals surface area contributed by atoms with Gasteiger partial charge >= 0.3 is 0 Å². The first-order valence-electron chi connectivity index (χ1n) is 6.80. The van der Waals surface area contributed by atoms with Crippen molar-refractivity contribution in [3.63, 3.8) is 0 Å². The molecule has 1 rings (SSSR count). The van der Waals surface area contributed by atoms with Crippen LogP contribution in [0.1, 0.15) is 39.5 Å². The summed E-state index contributed by atoms with van der Waals surface area (Å²) in [6.07, 6.45) is 4.63. The summed E-state index contributed by atoms with van der Waals surface area (Å²) < 4.78 is 5.51. The molecule has 100 valence electrons. The summed E-state index contributed by atoms with van der Waals surface area (Å²) in [6, 6.07) is 0.270. The minimum atomic E-state index is 0.0817. The van der Waals surface area contributed by atoms with E-state index in [0.29, 0.717) is 6.54 Å². The molecule has 0 radical (unpaired) electrons. The fourth-order valence-electron chi connectivity index (χ4n) is 1.46. The molecule has 4 heteroatoms. The van der Waals surface area contributed by atoms with E-state index >= 15 is 0 Å². The van der Waals surface area contributed by atoms with Crippen molar-refractivity contribution in [1.82, 2.24) is 10.6 Å². The highest BCUT2D eigenvalue weighted by molar-refractivity contribution is 5.78. The molecule has 0 aromatic carbocycles. The Morgan fingerprint density at radius 1 is 1.47 bits per heavy atom. The van der Waals surface area contributed by atoms with Gasteiger partial charge in [-0.1, -0.05) is 6.92 Å². The standard InChI is InChI=1S/C13H26N2O2/c1-3-11(2)15-13(16)9-14-7-4-8-17-10-12-5-6-12/h11-12,14H,3-10H2,1-2H3,(H,15,16). The Morgan fingerprint density at radius 2 is 2.24 bits per heavy atom. The van der Waals surface area contributed by atoms with E-state index in [1.165, 1.54) is 12.8 Å². The van der Waals surface area contributed by atoms with Gasteiger partial charge in [-0.05, 0) is 45.1 Å². The summed E-state index contributed by atoms with van der Waals surface area (Å²) in [4.78, 5) is 11.4. The van der Waals surface area contributed by atoms with E-state index in [-0.39, 0.29) is 11.9 Å². The SMILES string of the molecule is CCC(C)NC(=O)CNCCCOCC1CC1. The topological polar surface area (TPSA) is 50.4 Å². The smallest absolute Gasteiger partial charge is 0.234 e. The average molecular weight is 242 g/mol. The van der Waals surface area contributed by atoms with Crippen molar-refractivity contribution in [2.24, 2.45) is 5.92 Å². The van der Waals surface area contributed by atoms with Crippen LogP contribution >= 0.6 is 0 Å². The zero-order valence-electron chi connectivity index (χ0n) is 11.1. The first kappa shape index (κ1) is 14.5. The molecule has 0 heterocycles. The lowest BCUT2D eigenvalue weighted by atomic mass is 10.2. The average Bonchev–Trinajstić information content (AvgIpc) is 3.11. The van der Waals surface area contributed by atoms with Crippen molar-refractivity contribution in [3.05, 3.63) is 0 Å². The van der Waals surface area contributed by atoms with Gasteiger partial charge in [0.25, 0.3) is 0 Å². The molecule has 1 unspecified atom stereocenters. The largest absolute Gasteiger partial charge is 0.381 e. The lowest BCUT2D eigenvalue weighted by Crippen LogP contribution is -2.39. The monoisotopic (exact) mass is 242 g/mol. The number of carbonyl (C=O) groups is 1. The summed E-state index contributed by atoms with van der Waals surface area (Å²) in [6.45, 7) is 7.07. The Bertz CT molecular complexity index is 217. The zero-order chi connectivity index (χ0) is 12.5. The number of ether oxygens (including phenoxy) is 1. The van der Waals surface area contributed by atoms with Gasteiger partial charge in [-0.2, -0.15) is 0 Å². The zero-order valence-corrected chi connectivity index (χ0v) is 11.1. The summed E-state index contributed by atoms with van der Waals surface area (Å²) in [7, 11) is 0. The molecule has 4 nitrogen and oxygen atoms in total. The van der Waals surface area contributed by atoms with E-state index in [2.05, 4.69) is 17.6 Å². The third-order valence-electron chi connectivity index (χ3n) is 3.00. The second-order valence-corrected chi connectivity index (χ2v) is 4.93. The predicted octanol–water partition coefficient (Wildman–Crippen LogP) is 1.31. The molecular formula is C13H26N2O2. The number of rotatable bonds is 10. The number of nitrogens with one attached hydrogen (secondary N) is 2. The normalized spacial score (nSPS) is 16.8. The lowest BCUT2D eigenvalue weighted by Gasteiger charge is -2.11. The van der Waals surface area contributed by atoms with Gasteiger partial charge in [-0.25, -0.2) is 0 Å². The van der Waals surface area contributed by atoms with Crippen LogP contribution in [0.4, 0.5) is 0 Å². The van der Waals surface area contributed by atoms with Crippen LogP contribution in [0.2, 0.25) is 0 Å². The summed E-state index contributed by atoms with van der Waals surface area (Å²) in [5, 5.41) is 6.05. The first-order chi connectivity index (χ1) is 8.22. The van der Waals surface area contributed by atoms with Crippen molar-refractivity contribution in [3.8, 4) is 0 Å². The first-order valence-corrected chi connectivity index (χ1v) is 6.80. The molecule has 0 aliphatic heterocycles. The summed E-state index contributed by atoms with van der Waals surface area (Å²) in [5.41, 5.74) is 0. The van der Waals surface area contributed by atoms with Gasteiger partial charge in [0.05, 0.1) is 6.54 Å². The third kappa shape index (κ3) is 8.16. The molecule has 1 atom stereocenters. The van der Waals surface area contributed by atoms with Crippen LogP contribution in [0.15, 0.2) is 0 Å². The van der Waals surface area contributed by atoms with Gasteiger partial charge in [0.2, 0.25) is 5.91 Å². The maximum absolute atomic E-state index is 11.4. The van der Waals surface area contributed by atoms with E-state index in [4.69, 9.17) is 4.74 Å². The van der Waals surface area contributed by atoms with Gasteiger partial charge < -0.3 is 15.4 Å². The van der Waals surface area contributed by atoms with Crippen LogP contribution < -0.4 is 10.6 Å². The maximum atomic E-state index is 11.4. The highest BCUT2D eigenvalue weighted by Gasteiger charge is 2.20. The van der Waals surface area contributed by atoms with Crippen LogP contribution in [0.3, 0.4) is 0 Å². The molecule has 1 amide bonds. The Hall–Kier alpha value is -0.610. The van der Waals surface area contributed by atoms with Crippen LogP contribution in [0.5, 0.6) is 0 Å². The van der Waals surface area contributed by atoms with E-state index in [1.54, 1.807) is 0 Å². The molecule has 1 fully saturated rings. The molecule has 1 aliphatic rings. The fourth-order valence-corrected chi connectivity index (χ4v) is 1.46. The second kappa shape index (κ2) is 8.48. The molecule has 0 aromatic heterocycles. The number of hydrogen-bond acceptors (Lipinski definition) is 3. The summed E-state index contributed by atoms with van der Waals surface area (Å²) in [5.74, 6) is 0.919. The van der Waals surface area contributed by atoms with E-state index in [9.17, 15) is 4.79 Å². The number of hydrogen-bond donors (Lipinski definition) is 2. The molecule has 1 saturated carbocycles. The second-order valence-electron chi connectivity index (χ2n) is 4.93. The fraction of sp³-hybridized carbons (Fsp3) is 0.923. The van der Waals surface area contributed by atoms with Crippen molar-refractivity contribution in [1.29, 1.82) is 0 Å². The molecule has 0 bridgehead atoms. The summed E-state index contributed by atoms with van der Waals surface area (Å²) >= 11 is 0. The third-order valence-corrected chi connectivity index (χ3v) is 3.00. The predicted molar refractivity (Wildman–Crippen MR) is 68.9 cm³/mol. The highest BCUT2D eigenvalue weighted by Crippen LogP contribution is 2.28. The van der Waals surface area contributed by atoms with Crippen LogP contribution in [0, 0.1) is 5.92 Å². The Morgan fingerprint density at radius 3 is 2.88 bits per heavy atom. The van der Waals surface area contributed by atoms with Gasteiger partial charge in [-0.15, -0.1) is 0 Å². The number of amides is 1. The Labute approximate surface area is 104 Å². The molecule has 2 N–H and O–H groups in total. The molecule has 17 heavy (non-hydrogen) atoms. The Kier molecular flexibility index (Phi) is 7.21. The van der Waals surface area contributed by atoms with E-state index in [1.807, 2.05) is 6.92 Å². The lowest BCUT2D eigenvalue weighted by molar-refractivity contribution is -0.120. The highest BCUT2D eigenvalue weighted by atomic mass is 16.5. The van der Waals surface area contributed by atoms with Gasteiger partial charge in [0, 0.05) is 19.3 Å². The van der Waals surface area contributed by atoms with Gasteiger partial charge in [0.1, 0.15) is 0 Å². The minimum absolute atomic E-state index is 0.0817. The van der Waals surface area contributed by atoms with Gasteiger partial charge in [0.15, 0.2) is 0 Å². The van der Waals surface area contributed by atoms with Crippen LogP contribution in [-0.4, -0.2) is 38.3 Å². The van der Waals surface area contributed by atoms with Crippen molar-refractivity contribution in [2.75, 3.05) is 26.3 Å². The Balaban J connectivity index is 1.80. The molecule has 1 aliphatic carbocycles. The molecular weight excluding hydrogens is 216 g/mol. The molecule has 0 aromatic rings. The maximum Gasteiger partial charge on any atom is 0.234 e. The van der Waals surface area contributed by atoms with Crippen LogP contribution in [-0.2, 0) is 9.53 Å². The van der Waals surface area contributed by atoms with E-state index < -0.39 is 0 Å².